The highest BCUT2D eigenvalue weighted by Crippen LogP contribution is 2.22. The molecule has 2 heteroatoms. The third kappa shape index (κ3) is 1.64. The summed E-state index contributed by atoms with van der Waals surface area (Å²) in [6, 6.07) is 0.727. The lowest BCUT2D eigenvalue weighted by Crippen LogP contribution is -2.42. The number of ether oxygens (including phenoxy) is 1. The molecule has 2 heterocycles. The molecule has 2 aliphatic rings. The van der Waals surface area contributed by atoms with Crippen LogP contribution in [-0.2, 0) is 4.74 Å². The Morgan fingerprint density at radius 2 is 1.83 bits per heavy atom. The maximum atomic E-state index is 5.48. The maximum Gasteiger partial charge on any atom is 0.0625 e. The number of hydrogen-bond acceptors (Lipinski definition) is 2. The van der Waals surface area contributed by atoms with Crippen LogP contribution in [0.2, 0.25) is 0 Å². The van der Waals surface area contributed by atoms with Gasteiger partial charge in [0, 0.05) is 6.04 Å². The molecule has 2 aliphatic heterocycles. The molecule has 2 nitrogen and oxygen atoms in total. The van der Waals surface area contributed by atoms with E-state index < -0.39 is 0 Å². The lowest BCUT2D eigenvalue weighted by atomic mass is 10.0. The summed E-state index contributed by atoms with van der Waals surface area (Å²) in [4.78, 5) is 2.63. The van der Waals surface area contributed by atoms with Crippen molar-refractivity contribution in [1.82, 2.24) is 4.90 Å². The molecular formula is C10H19NO. The summed E-state index contributed by atoms with van der Waals surface area (Å²) < 4.78 is 5.48. The van der Waals surface area contributed by atoms with E-state index in [0.29, 0.717) is 0 Å². The number of likely N-dealkylation sites (tertiary alicyclic amines) is 1. The molecule has 2 saturated heterocycles. The van der Waals surface area contributed by atoms with Gasteiger partial charge >= 0.3 is 0 Å². The highest BCUT2D eigenvalue weighted by molar-refractivity contribution is 4.82. The van der Waals surface area contributed by atoms with Gasteiger partial charge in [0.2, 0.25) is 0 Å². The minimum absolute atomic E-state index is 0.727. The lowest BCUT2D eigenvalue weighted by molar-refractivity contribution is 0.123. The van der Waals surface area contributed by atoms with Crippen molar-refractivity contribution in [3.63, 3.8) is 0 Å². The molecule has 0 unspecified atom stereocenters. The molecule has 0 amide bonds. The summed E-state index contributed by atoms with van der Waals surface area (Å²) in [5.41, 5.74) is 0. The Bertz CT molecular complexity index is 143. The van der Waals surface area contributed by atoms with Crippen LogP contribution in [0.15, 0.2) is 0 Å². The first-order valence-electron chi connectivity index (χ1n) is 5.20. The second-order valence-corrected chi connectivity index (χ2v) is 4.18. The number of hydrogen-bond donors (Lipinski definition) is 0. The van der Waals surface area contributed by atoms with Crippen molar-refractivity contribution in [2.45, 2.75) is 32.2 Å². The molecule has 70 valence electrons. The van der Waals surface area contributed by atoms with Gasteiger partial charge in [0.25, 0.3) is 0 Å². The lowest BCUT2D eigenvalue weighted by Gasteiger charge is -2.33. The van der Waals surface area contributed by atoms with Gasteiger partial charge in [-0.25, -0.2) is 0 Å². The van der Waals surface area contributed by atoms with Crippen molar-refractivity contribution in [2.24, 2.45) is 5.92 Å². The first-order valence-corrected chi connectivity index (χ1v) is 5.20. The quantitative estimate of drug-likeness (QED) is 0.590. The van der Waals surface area contributed by atoms with E-state index in [9.17, 15) is 0 Å². The van der Waals surface area contributed by atoms with E-state index in [2.05, 4.69) is 11.8 Å². The van der Waals surface area contributed by atoms with Gasteiger partial charge in [-0.05, 0) is 31.8 Å². The number of rotatable bonds is 1. The standard InChI is InChI=1S/C10H19NO/c1-9-7-12-8-10(9)11-5-3-2-4-6-11/h9-10H,2-8H2,1H3/t9-,10-/m1/s1. The number of nitrogens with zero attached hydrogens (tertiary/aromatic N) is 1. The van der Waals surface area contributed by atoms with Crippen molar-refractivity contribution in [1.29, 1.82) is 0 Å². The molecule has 2 atom stereocenters. The molecular weight excluding hydrogens is 150 g/mol. The Kier molecular flexibility index (Phi) is 2.66. The van der Waals surface area contributed by atoms with Crippen LogP contribution in [0.4, 0.5) is 0 Å². The predicted octanol–water partition coefficient (Wildman–Crippen LogP) is 1.51. The summed E-state index contributed by atoms with van der Waals surface area (Å²) in [6.07, 6.45) is 4.21. The van der Waals surface area contributed by atoms with Crippen LogP contribution >= 0.6 is 0 Å². The molecule has 0 aliphatic carbocycles. The fourth-order valence-corrected chi connectivity index (χ4v) is 2.37. The molecule has 2 rings (SSSR count). The third-order valence-electron chi connectivity index (χ3n) is 3.19. The topological polar surface area (TPSA) is 12.5 Å². The molecule has 0 radical (unpaired) electrons. The van der Waals surface area contributed by atoms with Crippen molar-refractivity contribution in [3.05, 3.63) is 0 Å². The van der Waals surface area contributed by atoms with E-state index >= 15 is 0 Å². The van der Waals surface area contributed by atoms with Crippen molar-refractivity contribution in [3.8, 4) is 0 Å². The Balaban J connectivity index is 1.89. The van der Waals surface area contributed by atoms with Crippen LogP contribution in [-0.4, -0.2) is 37.2 Å². The van der Waals surface area contributed by atoms with Crippen molar-refractivity contribution < 1.29 is 4.74 Å². The molecule has 12 heavy (non-hydrogen) atoms. The molecule has 0 aromatic heterocycles. The van der Waals surface area contributed by atoms with Crippen LogP contribution in [0.3, 0.4) is 0 Å². The summed E-state index contributed by atoms with van der Waals surface area (Å²) in [6.45, 7) is 6.87. The van der Waals surface area contributed by atoms with Gasteiger partial charge < -0.3 is 4.74 Å². The minimum Gasteiger partial charge on any atom is -0.379 e. The highest BCUT2D eigenvalue weighted by atomic mass is 16.5. The summed E-state index contributed by atoms with van der Waals surface area (Å²) in [7, 11) is 0. The highest BCUT2D eigenvalue weighted by Gasteiger charge is 2.30. The predicted molar refractivity (Wildman–Crippen MR) is 49.2 cm³/mol. The molecule has 0 saturated carbocycles. The van der Waals surface area contributed by atoms with E-state index in [1.807, 2.05) is 0 Å². The Labute approximate surface area is 74.9 Å². The maximum absolute atomic E-state index is 5.48. The van der Waals surface area contributed by atoms with Gasteiger partial charge in [0.05, 0.1) is 13.2 Å². The average Bonchev–Trinajstić information content (AvgIpc) is 2.53. The van der Waals surface area contributed by atoms with E-state index in [0.717, 1.165) is 25.2 Å². The first kappa shape index (κ1) is 8.52. The normalized spacial score (nSPS) is 38.8. The van der Waals surface area contributed by atoms with Gasteiger partial charge in [-0.3, -0.25) is 4.90 Å². The molecule has 0 N–H and O–H groups in total. The van der Waals surface area contributed by atoms with Crippen molar-refractivity contribution in [2.75, 3.05) is 26.3 Å². The largest absolute Gasteiger partial charge is 0.379 e. The van der Waals surface area contributed by atoms with Crippen LogP contribution < -0.4 is 0 Å². The zero-order valence-electron chi connectivity index (χ0n) is 7.96. The first-order chi connectivity index (χ1) is 5.88. The van der Waals surface area contributed by atoms with E-state index in [1.54, 1.807) is 0 Å². The van der Waals surface area contributed by atoms with Crippen molar-refractivity contribution >= 4 is 0 Å². The molecule has 0 aromatic rings. The SMILES string of the molecule is C[C@@H]1COC[C@H]1N1CCCCC1. The second-order valence-electron chi connectivity index (χ2n) is 4.18. The summed E-state index contributed by atoms with van der Waals surface area (Å²) in [5, 5.41) is 0. The Morgan fingerprint density at radius 1 is 1.08 bits per heavy atom. The fourth-order valence-electron chi connectivity index (χ4n) is 2.37. The van der Waals surface area contributed by atoms with E-state index in [1.165, 1.54) is 32.4 Å². The molecule has 0 aromatic carbocycles. The fraction of sp³-hybridized carbons (Fsp3) is 1.00. The zero-order valence-corrected chi connectivity index (χ0v) is 7.96. The molecule has 0 spiro atoms. The van der Waals surface area contributed by atoms with Crippen LogP contribution in [0.5, 0.6) is 0 Å². The minimum atomic E-state index is 0.727. The van der Waals surface area contributed by atoms with Crippen LogP contribution in [0.1, 0.15) is 26.2 Å². The molecule has 0 bridgehead atoms. The van der Waals surface area contributed by atoms with Gasteiger partial charge in [-0.2, -0.15) is 0 Å². The van der Waals surface area contributed by atoms with Crippen LogP contribution in [0, 0.1) is 5.92 Å². The van der Waals surface area contributed by atoms with Gasteiger partial charge in [0.1, 0.15) is 0 Å². The second kappa shape index (κ2) is 3.75. The van der Waals surface area contributed by atoms with E-state index in [-0.39, 0.29) is 0 Å². The average molecular weight is 169 g/mol. The summed E-state index contributed by atoms with van der Waals surface area (Å²) >= 11 is 0. The Hall–Kier alpha value is -0.0800. The Morgan fingerprint density at radius 3 is 2.42 bits per heavy atom. The monoisotopic (exact) mass is 169 g/mol. The van der Waals surface area contributed by atoms with Gasteiger partial charge in [-0.1, -0.05) is 13.3 Å². The smallest absolute Gasteiger partial charge is 0.0625 e. The third-order valence-corrected chi connectivity index (χ3v) is 3.19. The van der Waals surface area contributed by atoms with Gasteiger partial charge in [0.15, 0.2) is 0 Å². The van der Waals surface area contributed by atoms with E-state index in [4.69, 9.17) is 4.74 Å². The zero-order chi connectivity index (χ0) is 8.39. The van der Waals surface area contributed by atoms with Crippen LogP contribution in [0.25, 0.3) is 0 Å². The number of piperidine rings is 1. The summed E-state index contributed by atoms with van der Waals surface area (Å²) in [5.74, 6) is 0.753. The molecule has 2 fully saturated rings. The van der Waals surface area contributed by atoms with Gasteiger partial charge in [-0.15, -0.1) is 0 Å².